The average Bonchev–Trinajstić information content (AvgIpc) is 2.39. The fourth-order valence-corrected chi connectivity index (χ4v) is 2.46. The van der Waals surface area contributed by atoms with Crippen LogP contribution in [0.4, 0.5) is 5.69 Å². The Balaban J connectivity index is 2.23. The second-order valence-corrected chi connectivity index (χ2v) is 5.70. The molecule has 5 nitrogen and oxygen atoms in total. The number of rotatable bonds is 3. The van der Waals surface area contributed by atoms with Gasteiger partial charge in [-0.15, -0.1) is 0 Å². The maximum Gasteiger partial charge on any atom is 0.337 e. The lowest BCUT2D eigenvalue weighted by atomic mass is 9.80. The van der Waals surface area contributed by atoms with Gasteiger partial charge in [-0.1, -0.05) is 18.5 Å². The Hall–Kier alpha value is -1.59. The zero-order valence-corrected chi connectivity index (χ0v) is 12.0. The van der Waals surface area contributed by atoms with E-state index in [1.807, 2.05) is 6.92 Å². The van der Waals surface area contributed by atoms with Crippen LogP contribution in [0.15, 0.2) is 18.2 Å². The minimum absolute atomic E-state index is 0.0419. The molecule has 1 aromatic rings. The molecule has 1 heterocycles. The van der Waals surface area contributed by atoms with E-state index in [1.165, 1.54) is 18.2 Å². The van der Waals surface area contributed by atoms with Gasteiger partial charge in [0.25, 0.3) is 0 Å². The van der Waals surface area contributed by atoms with Crippen LogP contribution in [0.3, 0.4) is 0 Å². The summed E-state index contributed by atoms with van der Waals surface area (Å²) in [5, 5.41) is 15.4. The van der Waals surface area contributed by atoms with Gasteiger partial charge in [-0.2, -0.15) is 0 Å². The van der Waals surface area contributed by atoms with E-state index in [0.29, 0.717) is 5.02 Å². The van der Waals surface area contributed by atoms with E-state index in [0.717, 1.165) is 25.9 Å². The Morgan fingerprint density at radius 2 is 2.00 bits per heavy atom. The van der Waals surface area contributed by atoms with Crippen LogP contribution < -0.4 is 10.6 Å². The van der Waals surface area contributed by atoms with E-state index in [-0.39, 0.29) is 17.2 Å². The summed E-state index contributed by atoms with van der Waals surface area (Å²) in [6.45, 7) is 3.46. The van der Waals surface area contributed by atoms with Gasteiger partial charge in [0.05, 0.1) is 11.3 Å². The molecule has 1 aliphatic rings. The number of hydrogen-bond donors (Lipinski definition) is 3. The van der Waals surface area contributed by atoms with Gasteiger partial charge in [0.1, 0.15) is 0 Å². The predicted octanol–water partition coefficient (Wildman–Crippen LogP) is 2.37. The third-order valence-electron chi connectivity index (χ3n) is 3.72. The summed E-state index contributed by atoms with van der Waals surface area (Å²) in [5.74, 6) is -1.25. The second kappa shape index (κ2) is 5.81. The lowest BCUT2D eigenvalue weighted by molar-refractivity contribution is -0.126. The number of aromatic carboxylic acids is 1. The summed E-state index contributed by atoms with van der Waals surface area (Å²) in [4.78, 5) is 23.6. The number of anilines is 1. The number of benzene rings is 1. The number of carbonyl (C=O) groups excluding carboxylic acids is 1. The van der Waals surface area contributed by atoms with Gasteiger partial charge in [0.15, 0.2) is 0 Å². The number of nitrogens with one attached hydrogen (secondary N) is 2. The number of carboxylic acids is 1. The van der Waals surface area contributed by atoms with Crippen molar-refractivity contribution in [2.75, 3.05) is 18.4 Å². The quantitative estimate of drug-likeness (QED) is 0.800. The highest BCUT2D eigenvalue weighted by Gasteiger charge is 2.35. The van der Waals surface area contributed by atoms with Crippen LogP contribution in [0, 0.1) is 5.41 Å². The van der Waals surface area contributed by atoms with E-state index in [2.05, 4.69) is 10.6 Å². The van der Waals surface area contributed by atoms with Crippen LogP contribution in [0.2, 0.25) is 5.02 Å². The van der Waals surface area contributed by atoms with E-state index in [4.69, 9.17) is 16.7 Å². The second-order valence-electron chi connectivity index (χ2n) is 5.26. The molecule has 108 valence electrons. The predicted molar refractivity (Wildman–Crippen MR) is 77.3 cm³/mol. The Morgan fingerprint density at radius 1 is 1.35 bits per heavy atom. The number of hydrogen-bond acceptors (Lipinski definition) is 3. The maximum atomic E-state index is 12.4. The molecule has 1 aliphatic heterocycles. The first-order valence-electron chi connectivity index (χ1n) is 6.47. The van der Waals surface area contributed by atoms with E-state index < -0.39 is 11.4 Å². The Bertz CT molecular complexity index is 539. The van der Waals surface area contributed by atoms with Gasteiger partial charge in [-0.25, -0.2) is 4.79 Å². The van der Waals surface area contributed by atoms with Gasteiger partial charge in [-0.05, 0) is 44.1 Å². The summed E-state index contributed by atoms with van der Waals surface area (Å²) in [5.41, 5.74) is -0.196. The standard InChI is InChI=1S/C14H17ClN2O3/c1-14(4-6-16-7-5-14)13(20)17-11-8-9(15)2-3-10(11)12(18)19/h2-3,8,16H,4-7H2,1H3,(H,17,20)(H,18,19). The molecule has 0 unspecified atom stereocenters. The van der Waals surface area contributed by atoms with Crippen molar-refractivity contribution in [3.05, 3.63) is 28.8 Å². The molecule has 3 N–H and O–H groups in total. The molecule has 0 radical (unpaired) electrons. The van der Waals surface area contributed by atoms with Crippen LogP contribution in [-0.2, 0) is 4.79 Å². The van der Waals surface area contributed by atoms with Gasteiger partial charge in [0, 0.05) is 10.4 Å². The maximum absolute atomic E-state index is 12.4. The molecule has 2 rings (SSSR count). The molecule has 1 aromatic carbocycles. The molecule has 1 fully saturated rings. The van der Waals surface area contributed by atoms with Crippen LogP contribution >= 0.6 is 11.6 Å². The van der Waals surface area contributed by atoms with Crippen molar-refractivity contribution in [2.45, 2.75) is 19.8 Å². The van der Waals surface area contributed by atoms with Crippen molar-refractivity contribution in [3.8, 4) is 0 Å². The molecule has 0 saturated carbocycles. The van der Waals surface area contributed by atoms with Crippen molar-refractivity contribution in [2.24, 2.45) is 5.41 Å². The molecule has 0 aromatic heterocycles. The minimum Gasteiger partial charge on any atom is -0.478 e. The fourth-order valence-electron chi connectivity index (χ4n) is 2.29. The molecule has 20 heavy (non-hydrogen) atoms. The monoisotopic (exact) mass is 296 g/mol. The van der Waals surface area contributed by atoms with Gasteiger partial charge >= 0.3 is 5.97 Å². The van der Waals surface area contributed by atoms with Crippen LogP contribution in [0.1, 0.15) is 30.1 Å². The minimum atomic E-state index is -1.09. The van der Waals surface area contributed by atoms with Gasteiger partial charge in [0.2, 0.25) is 5.91 Å². The van der Waals surface area contributed by atoms with Crippen LogP contribution in [0.5, 0.6) is 0 Å². The van der Waals surface area contributed by atoms with E-state index in [1.54, 1.807) is 0 Å². The first kappa shape index (κ1) is 14.8. The van der Waals surface area contributed by atoms with Crippen molar-refractivity contribution in [1.82, 2.24) is 5.32 Å². The first-order chi connectivity index (χ1) is 9.42. The largest absolute Gasteiger partial charge is 0.478 e. The zero-order chi connectivity index (χ0) is 14.8. The fraction of sp³-hybridized carbons (Fsp3) is 0.429. The number of carboxylic acid groups (broad SMARTS) is 1. The van der Waals surface area contributed by atoms with Crippen LogP contribution in [-0.4, -0.2) is 30.1 Å². The normalized spacial score (nSPS) is 17.5. The summed E-state index contributed by atoms with van der Waals surface area (Å²) in [6, 6.07) is 4.35. The van der Waals surface area contributed by atoms with Crippen molar-refractivity contribution < 1.29 is 14.7 Å². The number of piperidine rings is 1. The molecular weight excluding hydrogens is 280 g/mol. The molecule has 1 saturated heterocycles. The van der Waals surface area contributed by atoms with Crippen molar-refractivity contribution in [1.29, 1.82) is 0 Å². The number of halogens is 1. The highest BCUT2D eigenvalue weighted by atomic mass is 35.5. The molecule has 0 aliphatic carbocycles. The van der Waals surface area contributed by atoms with Crippen molar-refractivity contribution >= 4 is 29.2 Å². The first-order valence-corrected chi connectivity index (χ1v) is 6.85. The topological polar surface area (TPSA) is 78.4 Å². The van der Waals surface area contributed by atoms with E-state index in [9.17, 15) is 9.59 Å². The SMILES string of the molecule is CC1(C(=O)Nc2cc(Cl)ccc2C(=O)O)CCNCC1. The third kappa shape index (κ3) is 3.11. The summed E-state index contributed by atoms with van der Waals surface area (Å²) in [6.07, 6.45) is 1.45. The lowest BCUT2D eigenvalue weighted by Gasteiger charge is -2.32. The molecular formula is C14H17ClN2O3. The summed E-state index contributed by atoms with van der Waals surface area (Å²) < 4.78 is 0. The summed E-state index contributed by atoms with van der Waals surface area (Å²) >= 11 is 5.87. The smallest absolute Gasteiger partial charge is 0.337 e. The third-order valence-corrected chi connectivity index (χ3v) is 3.95. The van der Waals surface area contributed by atoms with E-state index >= 15 is 0 Å². The van der Waals surface area contributed by atoms with Gasteiger partial charge in [-0.3, -0.25) is 4.79 Å². The molecule has 0 spiro atoms. The zero-order valence-electron chi connectivity index (χ0n) is 11.2. The Labute approximate surface area is 122 Å². The Morgan fingerprint density at radius 3 is 2.60 bits per heavy atom. The highest BCUT2D eigenvalue weighted by Crippen LogP contribution is 2.31. The summed E-state index contributed by atoms with van der Waals surface area (Å²) in [7, 11) is 0. The number of carbonyl (C=O) groups is 2. The van der Waals surface area contributed by atoms with Crippen LogP contribution in [0.25, 0.3) is 0 Å². The molecule has 0 atom stereocenters. The van der Waals surface area contributed by atoms with Crippen molar-refractivity contribution in [3.63, 3.8) is 0 Å². The molecule has 1 amide bonds. The molecule has 0 bridgehead atoms. The number of amides is 1. The van der Waals surface area contributed by atoms with Gasteiger partial charge < -0.3 is 15.7 Å². The lowest BCUT2D eigenvalue weighted by Crippen LogP contribution is -2.43. The Kier molecular flexibility index (Phi) is 4.30. The highest BCUT2D eigenvalue weighted by molar-refractivity contribution is 6.31. The molecule has 6 heteroatoms. The average molecular weight is 297 g/mol.